The number of allylic oxidation sites excluding steroid dienone is 2. The Hall–Kier alpha value is -4.11. The quantitative estimate of drug-likeness (QED) is 0.0747. The summed E-state index contributed by atoms with van der Waals surface area (Å²) in [7, 11) is 1.61. The number of ketones is 1. The zero-order chi connectivity index (χ0) is 47.5. The number of ether oxygens (including phenoxy) is 7. The van der Waals surface area contributed by atoms with Gasteiger partial charge in [-0.05, 0) is 124 Å². The van der Waals surface area contributed by atoms with E-state index in [9.17, 15) is 19.2 Å². The van der Waals surface area contributed by atoms with Gasteiger partial charge in [-0.2, -0.15) is 0 Å². The summed E-state index contributed by atoms with van der Waals surface area (Å²) >= 11 is 0. The number of esters is 3. The Morgan fingerprint density at radius 1 is 0.727 bits per heavy atom. The van der Waals surface area contributed by atoms with Crippen molar-refractivity contribution in [2.75, 3.05) is 53.4 Å². The zero-order valence-electron chi connectivity index (χ0n) is 40.4. The number of benzene rings is 1. The van der Waals surface area contributed by atoms with E-state index in [4.69, 9.17) is 42.0 Å². The van der Waals surface area contributed by atoms with Crippen LogP contribution >= 0.6 is 0 Å². The van der Waals surface area contributed by atoms with Crippen LogP contribution in [0.15, 0.2) is 55.6 Å². The van der Waals surface area contributed by atoms with Crippen LogP contribution in [0.1, 0.15) is 123 Å². The van der Waals surface area contributed by atoms with Crippen LogP contribution in [0.2, 0.25) is 0 Å². The van der Waals surface area contributed by atoms with Crippen molar-refractivity contribution in [2.45, 2.75) is 132 Å². The van der Waals surface area contributed by atoms with Crippen molar-refractivity contribution in [3.05, 3.63) is 69.7 Å². The van der Waals surface area contributed by atoms with Gasteiger partial charge in [-0.1, -0.05) is 63.6 Å². The minimum Gasteiger partial charge on any atom is -0.461 e. The number of hydrogen-bond donors (Lipinski definition) is 0. The first-order valence-corrected chi connectivity index (χ1v) is 24.0. The summed E-state index contributed by atoms with van der Waals surface area (Å²) in [6.45, 7) is 17.0. The van der Waals surface area contributed by atoms with Crippen LogP contribution < -0.4 is 5.82 Å². The first-order valence-electron chi connectivity index (χ1n) is 24.0. The molecule has 0 spiro atoms. The molecule has 14 nitrogen and oxygen atoms in total. The van der Waals surface area contributed by atoms with Crippen molar-refractivity contribution in [1.82, 2.24) is 0 Å². The first-order chi connectivity index (χ1) is 31.3. The highest BCUT2D eigenvalue weighted by Crippen LogP contribution is 2.75. The van der Waals surface area contributed by atoms with Crippen molar-refractivity contribution in [3.8, 4) is 0 Å². The molecule has 1 aromatic heterocycles. The number of hydrogen-bond acceptors (Lipinski definition) is 14. The Morgan fingerprint density at radius 2 is 1.38 bits per heavy atom. The monoisotopic (exact) mass is 920 g/mol. The van der Waals surface area contributed by atoms with Crippen LogP contribution in [-0.2, 0) is 65.5 Å². The Bertz CT molecular complexity index is 2160. The van der Waals surface area contributed by atoms with Crippen LogP contribution in [0.25, 0.3) is 0 Å². The van der Waals surface area contributed by atoms with Gasteiger partial charge in [-0.25, -0.2) is 4.79 Å². The molecule has 4 saturated carbocycles. The summed E-state index contributed by atoms with van der Waals surface area (Å²) in [5.41, 5.74) is -1.51. The molecule has 1 aromatic carbocycles. The molecule has 0 amide bonds. The lowest BCUT2D eigenvalue weighted by Gasteiger charge is -2.70. The molecule has 0 unspecified atom stereocenters. The van der Waals surface area contributed by atoms with E-state index in [1.54, 1.807) is 14.0 Å². The van der Waals surface area contributed by atoms with Crippen LogP contribution in [-0.4, -0.2) is 83.2 Å². The number of carbonyl (C=O) groups is 4. The molecule has 4 fully saturated rings. The van der Waals surface area contributed by atoms with Crippen molar-refractivity contribution < 1.29 is 61.2 Å². The van der Waals surface area contributed by atoms with Gasteiger partial charge in [-0.3, -0.25) is 19.2 Å². The molecule has 0 aliphatic heterocycles. The second kappa shape index (κ2) is 19.9. The van der Waals surface area contributed by atoms with E-state index in [2.05, 4.69) is 27.7 Å². The Labute approximate surface area is 389 Å². The van der Waals surface area contributed by atoms with E-state index in [1.807, 2.05) is 50.3 Å². The van der Waals surface area contributed by atoms with Gasteiger partial charge in [0.1, 0.15) is 18.1 Å². The molecule has 0 saturated heterocycles. The highest BCUT2D eigenvalue weighted by atomic mass is 16.6. The smallest absolute Gasteiger partial charge is 0.461 e. The average Bonchev–Trinajstić information content (AvgIpc) is 3.62. The molecule has 10 atom stereocenters. The third-order valence-corrected chi connectivity index (χ3v) is 17.4. The van der Waals surface area contributed by atoms with Gasteiger partial charge in [0.2, 0.25) is 0 Å². The van der Waals surface area contributed by atoms with E-state index in [0.29, 0.717) is 65.1 Å². The van der Waals surface area contributed by atoms with Crippen LogP contribution in [0.3, 0.4) is 0 Å². The first kappa shape index (κ1) is 49.8. The molecular formula is C52H72O14. The fraction of sp³-hybridized carbons (Fsp3) is 0.712. The second-order valence-electron chi connectivity index (χ2n) is 21.2. The molecule has 0 bridgehead atoms. The fourth-order valence-corrected chi connectivity index (χ4v) is 13.2. The number of aryl methyl sites for hydroxylation is 1. The van der Waals surface area contributed by atoms with Crippen molar-refractivity contribution in [2.24, 2.45) is 50.2 Å². The van der Waals surface area contributed by atoms with Crippen molar-refractivity contribution >= 4 is 23.7 Å². The summed E-state index contributed by atoms with van der Waals surface area (Å²) in [4.78, 5) is 69.4. The maximum atomic E-state index is 15.2. The van der Waals surface area contributed by atoms with E-state index in [-0.39, 0.29) is 72.9 Å². The molecule has 7 rings (SSSR count). The van der Waals surface area contributed by atoms with E-state index >= 15 is 4.79 Å². The topological polar surface area (TPSA) is 176 Å². The normalized spacial score (nSPS) is 34.8. The molecular weight excluding hydrogens is 849 g/mol. The summed E-state index contributed by atoms with van der Waals surface area (Å²) in [6.07, 6.45) is 7.29. The maximum absolute atomic E-state index is 15.2. The maximum Gasteiger partial charge on any atom is 0.519 e. The molecule has 364 valence electrons. The highest BCUT2D eigenvalue weighted by Gasteiger charge is 2.72. The number of carbonyl (C=O) groups excluding carboxylic acids is 4. The average molecular weight is 921 g/mol. The standard InChI is InChI=1S/C52H72O14/c1-34-39(65-46(57)64-34)33-63-45(56)52(7)40-14-18-51(6)43(49(40,4)17-15-41(52)66-42(54)16-23-59-26-27-61-29-28-60-25-24-58-8)38(53)30-36-37-31-48(3,20-19-47(37,2)21-22-50(36,51)5)44(55)62-32-35-12-10-9-11-13-35/h9-13,30,37,40-41,43H,14-29,31-33H2,1-8H3/t37-,40+,41-,43+,47+,48-,49-,50+,51+,52-/m0/s1. The van der Waals surface area contributed by atoms with Gasteiger partial charge in [0.25, 0.3) is 0 Å². The third kappa shape index (κ3) is 9.37. The second-order valence-corrected chi connectivity index (χ2v) is 21.2. The highest BCUT2D eigenvalue weighted by molar-refractivity contribution is 5.96. The lowest BCUT2D eigenvalue weighted by Crippen LogP contribution is -2.68. The lowest BCUT2D eigenvalue weighted by atomic mass is 9.33. The molecule has 14 heteroatoms. The summed E-state index contributed by atoms with van der Waals surface area (Å²) in [5, 5.41) is 0. The number of rotatable bonds is 19. The zero-order valence-corrected chi connectivity index (χ0v) is 40.4. The number of fused-ring (bicyclic) bond motifs is 7. The fourth-order valence-electron chi connectivity index (χ4n) is 13.2. The van der Waals surface area contributed by atoms with Gasteiger partial charge >= 0.3 is 23.7 Å². The van der Waals surface area contributed by atoms with Crippen molar-refractivity contribution in [3.63, 3.8) is 0 Å². The Morgan fingerprint density at radius 3 is 2.05 bits per heavy atom. The minimum atomic E-state index is -1.36. The molecule has 0 radical (unpaired) electrons. The van der Waals surface area contributed by atoms with E-state index in [1.165, 1.54) is 0 Å². The third-order valence-electron chi connectivity index (χ3n) is 17.4. The van der Waals surface area contributed by atoms with Crippen molar-refractivity contribution in [1.29, 1.82) is 0 Å². The summed E-state index contributed by atoms with van der Waals surface area (Å²) < 4.78 is 50.0. The van der Waals surface area contributed by atoms with Gasteiger partial charge in [0.15, 0.2) is 23.9 Å². The SMILES string of the molecule is COCCOCCOCCOCCC(=O)O[C@H]1CC[C@@]2(C)[C@@H](CC[C@]3(C)[C@@H]2C(=O)C=C2[C@@H]4C[C@@](C)(C(=O)OCc5ccccc5)CC[C@]4(C)CC[C@]23C)[C@]1(C)C(=O)OCc1oc(=O)oc1C. The van der Waals surface area contributed by atoms with Gasteiger partial charge < -0.3 is 42.0 Å². The van der Waals surface area contributed by atoms with E-state index in [0.717, 1.165) is 36.8 Å². The van der Waals surface area contributed by atoms with Gasteiger partial charge in [0, 0.05) is 13.0 Å². The lowest BCUT2D eigenvalue weighted by molar-refractivity contribution is -0.224. The van der Waals surface area contributed by atoms with Gasteiger partial charge in [0.05, 0.1) is 58.1 Å². The molecule has 1 heterocycles. The molecule has 66 heavy (non-hydrogen) atoms. The molecule has 5 aliphatic carbocycles. The molecule has 5 aliphatic rings. The Kier molecular flexibility index (Phi) is 15.0. The Balaban J connectivity index is 1.10. The minimum absolute atomic E-state index is 0.0238. The predicted molar refractivity (Wildman–Crippen MR) is 241 cm³/mol. The van der Waals surface area contributed by atoms with Crippen LogP contribution in [0.4, 0.5) is 0 Å². The largest absolute Gasteiger partial charge is 0.519 e. The summed E-state index contributed by atoms with van der Waals surface area (Å²) in [5.74, 6) is -2.63. The number of methoxy groups -OCH3 is 1. The van der Waals surface area contributed by atoms with Crippen LogP contribution in [0.5, 0.6) is 0 Å². The predicted octanol–water partition coefficient (Wildman–Crippen LogP) is 8.29. The molecule has 0 N–H and O–H groups in total. The summed E-state index contributed by atoms with van der Waals surface area (Å²) in [6, 6.07) is 9.74. The van der Waals surface area contributed by atoms with Crippen LogP contribution in [0, 0.1) is 57.2 Å². The van der Waals surface area contributed by atoms with E-state index < -0.39 is 57.4 Å². The molecule has 2 aromatic rings. The van der Waals surface area contributed by atoms with Gasteiger partial charge in [-0.15, -0.1) is 0 Å².